The van der Waals surface area contributed by atoms with Gasteiger partial charge in [0.1, 0.15) is 13.2 Å². The molecule has 0 N–H and O–H groups in total. The van der Waals surface area contributed by atoms with Gasteiger partial charge in [-0.2, -0.15) is 0 Å². The van der Waals surface area contributed by atoms with Gasteiger partial charge >= 0.3 is 17.9 Å². The Morgan fingerprint density at radius 3 is 0.785 bits per heavy atom. The largest absolute Gasteiger partial charge is 0.462 e. The summed E-state index contributed by atoms with van der Waals surface area (Å²) in [6.07, 6.45) is 90.2. The first-order chi connectivity index (χ1) is 39.0. The highest BCUT2D eigenvalue weighted by molar-refractivity contribution is 5.71. The number of carbonyl (C=O) groups excluding carboxylic acids is 3. The molecule has 0 amide bonds. The van der Waals surface area contributed by atoms with Crippen molar-refractivity contribution in [1.82, 2.24) is 0 Å². The van der Waals surface area contributed by atoms with E-state index in [2.05, 4.69) is 118 Å². The van der Waals surface area contributed by atoms with Crippen LogP contribution < -0.4 is 0 Å². The lowest BCUT2D eigenvalue weighted by Gasteiger charge is -2.18. The van der Waals surface area contributed by atoms with Crippen molar-refractivity contribution in [2.75, 3.05) is 13.2 Å². The predicted octanol–water partition coefficient (Wildman–Crippen LogP) is 23.2. The minimum absolute atomic E-state index is 0.0768. The molecule has 0 aliphatic heterocycles. The Balaban J connectivity index is 4.12. The van der Waals surface area contributed by atoms with Gasteiger partial charge in [-0.25, -0.2) is 0 Å². The first kappa shape index (κ1) is 75.3. The molecule has 0 aromatic rings. The molecular weight excluding hydrogens is 973 g/mol. The second-order valence-corrected chi connectivity index (χ2v) is 22.4. The van der Waals surface area contributed by atoms with Gasteiger partial charge in [0.05, 0.1) is 0 Å². The summed E-state index contributed by atoms with van der Waals surface area (Å²) in [5.41, 5.74) is 0. The van der Waals surface area contributed by atoms with Crippen molar-refractivity contribution in [2.45, 2.75) is 335 Å². The highest BCUT2D eigenvalue weighted by Gasteiger charge is 2.19. The van der Waals surface area contributed by atoms with E-state index >= 15 is 0 Å². The highest BCUT2D eigenvalue weighted by atomic mass is 16.6. The van der Waals surface area contributed by atoms with E-state index in [9.17, 15) is 14.4 Å². The van der Waals surface area contributed by atoms with Gasteiger partial charge < -0.3 is 14.2 Å². The molecule has 0 aromatic heterocycles. The van der Waals surface area contributed by atoms with Crippen molar-refractivity contribution in [3.63, 3.8) is 0 Å². The van der Waals surface area contributed by atoms with Crippen LogP contribution in [0.4, 0.5) is 0 Å². The standard InChI is InChI=1S/C73H126O6/c1-4-7-10-13-16-18-20-22-24-26-28-30-32-33-34-35-36-37-38-39-41-42-44-46-48-50-52-54-57-60-63-66-72(75)78-69-70(68-77-71(74)65-62-59-56-15-12-9-6-3)79-73(76)67-64-61-58-55-53-51-49-47-45-43-40-31-29-27-25-23-21-19-17-14-11-8-5-2/h7,10,16,18,22,24,27-30,33-34,36-37,39,41,70H,4-6,8-9,11-15,17,19-21,23,25-26,31-32,35,38,40,42-69H2,1-3H3/b10-7-,18-16-,24-22-,29-27-,30-28-,34-33-,37-36-,41-39-. The molecule has 0 radical (unpaired) electrons. The van der Waals surface area contributed by atoms with Gasteiger partial charge in [0.15, 0.2) is 6.10 Å². The average Bonchev–Trinajstić information content (AvgIpc) is 3.45. The van der Waals surface area contributed by atoms with E-state index in [0.29, 0.717) is 19.3 Å². The van der Waals surface area contributed by atoms with E-state index in [-0.39, 0.29) is 31.1 Å². The molecule has 0 heterocycles. The van der Waals surface area contributed by atoms with Crippen molar-refractivity contribution in [3.05, 3.63) is 97.2 Å². The molecule has 0 fully saturated rings. The van der Waals surface area contributed by atoms with Gasteiger partial charge in [0.25, 0.3) is 0 Å². The van der Waals surface area contributed by atoms with Gasteiger partial charge in [-0.15, -0.1) is 0 Å². The van der Waals surface area contributed by atoms with Gasteiger partial charge in [-0.1, -0.05) is 304 Å². The lowest BCUT2D eigenvalue weighted by atomic mass is 10.0. The first-order valence-electron chi connectivity index (χ1n) is 33.7. The zero-order valence-corrected chi connectivity index (χ0v) is 52.1. The SMILES string of the molecule is CC/C=C\C/C=C\C/C=C\C/C=C\C/C=C\C/C=C\C/C=C\CCCCCCCCCCCC(=O)OCC(COC(=O)CCCCCCCCC)OC(=O)CCCCCCCCCCCCC/C=C\CCCCCCCCCC. The molecule has 0 aromatic carbocycles. The van der Waals surface area contributed by atoms with Crippen LogP contribution in [0.5, 0.6) is 0 Å². The zero-order valence-electron chi connectivity index (χ0n) is 52.1. The molecule has 6 nitrogen and oxygen atoms in total. The van der Waals surface area contributed by atoms with Crippen LogP contribution in [-0.2, 0) is 28.6 Å². The Morgan fingerprint density at radius 2 is 0.494 bits per heavy atom. The zero-order chi connectivity index (χ0) is 57.1. The highest BCUT2D eigenvalue weighted by Crippen LogP contribution is 2.17. The van der Waals surface area contributed by atoms with E-state index in [1.54, 1.807) is 0 Å². The van der Waals surface area contributed by atoms with E-state index in [1.807, 2.05) is 0 Å². The lowest BCUT2D eigenvalue weighted by molar-refractivity contribution is -0.167. The van der Waals surface area contributed by atoms with Gasteiger partial charge in [-0.05, 0) is 103 Å². The minimum Gasteiger partial charge on any atom is -0.462 e. The normalized spacial score (nSPS) is 12.7. The van der Waals surface area contributed by atoms with Crippen LogP contribution >= 0.6 is 0 Å². The van der Waals surface area contributed by atoms with E-state index in [1.165, 1.54) is 180 Å². The Morgan fingerprint density at radius 1 is 0.266 bits per heavy atom. The molecule has 454 valence electrons. The molecule has 6 heteroatoms. The summed E-state index contributed by atoms with van der Waals surface area (Å²) in [6, 6.07) is 0. The van der Waals surface area contributed by atoms with Crippen molar-refractivity contribution >= 4 is 17.9 Å². The molecule has 0 saturated heterocycles. The molecule has 79 heavy (non-hydrogen) atoms. The topological polar surface area (TPSA) is 78.9 Å². The van der Waals surface area contributed by atoms with Crippen LogP contribution in [0.3, 0.4) is 0 Å². The molecule has 0 aliphatic rings. The second-order valence-electron chi connectivity index (χ2n) is 22.4. The number of rotatable bonds is 61. The monoisotopic (exact) mass is 1100 g/mol. The number of hydrogen-bond donors (Lipinski definition) is 0. The van der Waals surface area contributed by atoms with Crippen LogP contribution in [0.15, 0.2) is 97.2 Å². The van der Waals surface area contributed by atoms with Gasteiger partial charge in [0, 0.05) is 19.3 Å². The Hall–Kier alpha value is -3.67. The molecule has 1 atom stereocenters. The molecule has 1 unspecified atom stereocenters. The van der Waals surface area contributed by atoms with Crippen molar-refractivity contribution in [2.24, 2.45) is 0 Å². The maximum absolute atomic E-state index is 12.9. The number of hydrogen-bond acceptors (Lipinski definition) is 6. The number of unbranched alkanes of at least 4 members (excludes halogenated alkanes) is 34. The fourth-order valence-electron chi connectivity index (χ4n) is 9.54. The van der Waals surface area contributed by atoms with Crippen LogP contribution in [0.25, 0.3) is 0 Å². The van der Waals surface area contributed by atoms with Gasteiger partial charge in [-0.3, -0.25) is 14.4 Å². The Kier molecular flexibility index (Phi) is 63.7. The summed E-state index contributed by atoms with van der Waals surface area (Å²) in [5.74, 6) is -0.879. The summed E-state index contributed by atoms with van der Waals surface area (Å²) in [6.45, 7) is 6.51. The number of esters is 3. The summed E-state index contributed by atoms with van der Waals surface area (Å²) < 4.78 is 16.9. The Bertz CT molecular complexity index is 1540. The third-order valence-corrected chi connectivity index (χ3v) is 14.6. The smallest absolute Gasteiger partial charge is 0.306 e. The van der Waals surface area contributed by atoms with E-state index in [4.69, 9.17) is 14.2 Å². The fraction of sp³-hybridized carbons (Fsp3) is 0.740. The third kappa shape index (κ3) is 65.0. The summed E-state index contributed by atoms with van der Waals surface area (Å²) in [7, 11) is 0. The molecule has 0 aliphatic carbocycles. The summed E-state index contributed by atoms with van der Waals surface area (Å²) >= 11 is 0. The van der Waals surface area contributed by atoms with Crippen molar-refractivity contribution in [1.29, 1.82) is 0 Å². The van der Waals surface area contributed by atoms with Gasteiger partial charge in [0.2, 0.25) is 0 Å². The molecule has 0 bridgehead atoms. The minimum atomic E-state index is -0.778. The van der Waals surface area contributed by atoms with Crippen LogP contribution in [0, 0.1) is 0 Å². The molecule has 0 spiro atoms. The number of ether oxygens (including phenoxy) is 3. The third-order valence-electron chi connectivity index (χ3n) is 14.6. The van der Waals surface area contributed by atoms with Crippen LogP contribution in [0.2, 0.25) is 0 Å². The fourth-order valence-corrected chi connectivity index (χ4v) is 9.54. The maximum Gasteiger partial charge on any atom is 0.306 e. The number of allylic oxidation sites excluding steroid dienone is 16. The summed E-state index contributed by atoms with van der Waals surface area (Å²) in [5, 5.41) is 0. The van der Waals surface area contributed by atoms with Crippen LogP contribution in [0.1, 0.15) is 329 Å². The second kappa shape index (κ2) is 66.8. The average molecular weight is 1100 g/mol. The van der Waals surface area contributed by atoms with Crippen molar-refractivity contribution < 1.29 is 28.6 Å². The van der Waals surface area contributed by atoms with Crippen molar-refractivity contribution in [3.8, 4) is 0 Å². The first-order valence-corrected chi connectivity index (χ1v) is 33.7. The molecular formula is C73H126O6. The van der Waals surface area contributed by atoms with E-state index < -0.39 is 6.10 Å². The molecule has 0 rings (SSSR count). The van der Waals surface area contributed by atoms with Crippen LogP contribution in [-0.4, -0.2) is 37.2 Å². The summed E-state index contributed by atoms with van der Waals surface area (Å²) in [4.78, 5) is 38.1. The number of carbonyl (C=O) groups is 3. The Labute approximate surface area is 489 Å². The quantitative estimate of drug-likeness (QED) is 0.0261. The molecule has 0 saturated carbocycles. The predicted molar refractivity (Wildman–Crippen MR) is 344 cm³/mol. The lowest BCUT2D eigenvalue weighted by Crippen LogP contribution is -2.30. The maximum atomic E-state index is 12.9. The van der Waals surface area contributed by atoms with E-state index in [0.717, 1.165) is 109 Å².